The Hall–Kier alpha value is -1.59. The summed E-state index contributed by atoms with van der Waals surface area (Å²) in [5.74, 6) is -1.32. The van der Waals surface area contributed by atoms with Crippen LogP contribution in [0.5, 0.6) is 0 Å². The van der Waals surface area contributed by atoms with E-state index in [1.807, 2.05) is 0 Å². The molecular weight excluding hydrogens is 450 g/mol. The third kappa shape index (κ3) is 6.95. The Kier molecular flexibility index (Phi) is 9.86. The third-order valence-corrected chi connectivity index (χ3v) is 7.07. The van der Waals surface area contributed by atoms with Gasteiger partial charge in [-0.05, 0) is 57.1 Å². The van der Waals surface area contributed by atoms with E-state index in [0.717, 1.165) is 44.9 Å². The van der Waals surface area contributed by atoms with Crippen molar-refractivity contribution in [3.05, 3.63) is 46.3 Å². The highest BCUT2D eigenvalue weighted by Crippen LogP contribution is 2.31. The molecule has 3 rings (SSSR count). The monoisotopic (exact) mass is 482 g/mol. The topological polar surface area (TPSA) is 49.4 Å². The predicted molar refractivity (Wildman–Crippen MR) is 127 cm³/mol. The lowest BCUT2D eigenvalue weighted by atomic mass is 9.96. The second-order valence-corrected chi connectivity index (χ2v) is 9.52. The van der Waals surface area contributed by atoms with Crippen LogP contribution in [0.3, 0.4) is 0 Å². The van der Waals surface area contributed by atoms with E-state index in [2.05, 4.69) is 11.4 Å². The molecule has 32 heavy (non-hydrogen) atoms. The second-order valence-electron chi connectivity index (χ2n) is 8.84. The summed E-state index contributed by atoms with van der Waals surface area (Å²) in [6.45, 7) is 0.369. The van der Waals surface area contributed by atoms with Gasteiger partial charge in [0.25, 0.3) is 0 Å². The molecule has 0 saturated heterocycles. The molecule has 0 heterocycles. The van der Waals surface area contributed by atoms with Crippen molar-refractivity contribution in [1.29, 1.82) is 0 Å². The summed E-state index contributed by atoms with van der Waals surface area (Å²) in [6.07, 6.45) is 13.7. The summed E-state index contributed by atoms with van der Waals surface area (Å²) >= 11 is 12.3. The average molecular weight is 483 g/mol. The zero-order chi connectivity index (χ0) is 22.9. The van der Waals surface area contributed by atoms with Crippen LogP contribution in [-0.2, 0) is 9.59 Å². The van der Waals surface area contributed by atoms with Crippen LogP contribution < -0.4 is 5.32 Å². The average Bonchev–Trinajstić information content (AvgIpc) is 3.06. The zero-order valence-corrected chi connectivity index (χ0v) is 20.1. The van der Waals surface area contributed by atoms with Crippen molar-refractivity contribution < 1.29 is 14.0 Å². The summed E-state index contributed by atoms with van der Waals surface area (Å²) in [7, 11) is 0. The second kappa shape index (κ2) is 12.6. The Morgan fingerprint density at radius 2 is 1.88 bits per heavy atom. The third-order valence-electron chi connectivity index (χ3n) is 6.51. The molecule has 0 radical (unpaired) electrons. The minimum Gasteiger partial charge on any atom is -0.351 e. The van der Waals surface area contributed by atoms with Crippen molar-refractivity contribution in [2.45, 2.75) is 82.7 Å². The van der Waals surface area contributed by atoms with Crippen molar-refractivity contribution in [2.75, 3.05) is 12.4 Å². The number of rotatable bonds is 8. The molecule has 176 valence electrons. The Labute approximate surface area is 200 Å². The quantitative estimate of drug-likeness (QED) is 0.267. The number of nitrogens with one attached hydrogen (secondary N) is 1. The predicted octanol–water partition coefficient (Wildman–Crippen LogP) is 6.32. The molecule has 1 saturated carbocycles. The molecule has 0 aliphatic heterocycles. The van der Waals surface area contributed by atoms with Gasteiger partial charge in [-0.3, -0.25) is 9.59 Å². The molecule has 0 bridgehead atoms. The van der Waals surface area contributed by atoms with Gasteiger partial charge in [-0.25, -0.2) is 4.39 Å². The normalized spacial score (nSPS) is 18.4. The number of carbonyl (C=O) groups excluding carboxylic acids is 2. The number of carbonyl (C=O) groups is 2. The van der Waals surface area contributed by atoms with E-state index in [0.29, 0.717) is 18.5 Å². The number of nitrogens with zero attached hydrogens (tertiary/aromatic N) is 1. The number of alkyl halides is 1. The van der Waals surface area contributed by atoms with Crippen LogP contribution in [0.1, 0.15) is 82.2 Å². The molecule has 1 aromatic carbocycles. The standard InChI is InChI=1S/C25H33Cl2FN2O2/c26-17-23(31)30(15-14-18-8-4-3-5-9-18)24(21-13-12-19(28)16-22(21)27)25(32)29-20-10-6-1-2-7-11-20/h8,12-13,16,20,24H,1-7,9-11,14-15,17H2,(H,29,32). The minimum atomic E-state index is -0.943. The molecule has 2 aliphatic carbocycles. The molecule has 0 aromatic heterocycles. The van der Waals surface area contributed by atoms with E-state index in [1.54, 1.807) is 0 Å². The van der Waals surface area contributed by atoms with Gasteiger partial charge >= 0.3 is 0 Å². The first kappa shape index (κ1) is 25.0. The highest BCUT2D eigenvalue weighted by molar-refractivity contribution is 6.31. The number of hydrogen-bond acceptors (Lipinski definition) is 2. The van der Waals surface area contributed by atoms with Gasteiger partial charge in [-0.2, -0.15) is 0 Å². The van der Waals surface area contributed by atoms with E-state index in [1.165, 1.54) is 47.9 Å². The van der Waals surface area contributed by atoms with Crippen molar-refractivity contribution in [3.8, 4) is 0 Å². The van der Waals surface area contributed by atoms with Crippen molar-refractivity contribution in [1.82, 2.24) is 10.2 Å². The maximum Gasteiger partial charge on any atom is 0.247 e. The highest BCUT2D eigenvalue weighted by atomic mass is 35.5. The Morgan fingerprint density at radius 1 is 1.12 bits per heavy atom. The smallest absolute Gasteiger partial charge is 0.247 e. The molecule has 0 spiro atoms. The molecule has 1 aromatic rings. The first-order valence-corrected chi connectivity index (χ1v) is 12.7. The number of allylic oxidation sites excluding steroid dienone is 1. The SMILES string of the molecule is O=C(NC1CCCCCC1)C(c1ccc(F)cc1Cl)N(CCC1=CCCCC1)C(=O)CCl. The fourth-order valence-electron chi connectivity index (χ4n) is 4.75. The largest absolute Gasteiger partial charge is 0.351 e. The maximum absolute atomic E-state index is 13.8. The van der Waals surface area contributed by atoms with Crippen LogP contribution >= 0.6 is 23.2 Å². The van der Waals surface area contributed by atoms with E-state index < -0.39 is 11.9 Å². The van der Waals surface area contributed by atoms with Gasteiger partial charge in [-0.1, -0.05) is 55.0 Å². The van der Waals surface area contributed by atoms with Gasteiger partial charge in [-0.15, -0.1) is 11.6 Å². The maximum atomic E-state index is 13.8. The van der Waals surface area contributed by atoms with Crippen LogP contribution in [0.2, 0.25) is 5.02 Å². The van der Waals surface area contributed by atoms with E-state index in [9.17, 15) is 14.0 Å². The molecule has 1 atom stereocenters. The lowest BCUT2D eigenvalue weighted by Crippen LogP contribution is -2.47. The molecule has 2 aliphatic rings. The first-order valence-electron chi connectivity index (χ1n) is 11.8. The molecule has 4 nitrogen and oxygen atoms in total. The number of hydrogen-bond donors (Lipinski definition) is 1. The Balaban J connectivity index is 1.88. The minimum absolute atomic E-state index is 0.0701. The fourth-order valence-corrected chi connectivity index (χ4v) is 5.17. The summed E-state index contributed by atoms with van der Waals surface area (Å²) in [6, 6.07) is 3.10. The first-order chi connectivity index (χ1) is 15.5. The number of benzene rings is 1. The summed E-state index contributed by atoms with van der Waals surface area (Å²) in [5.41, 5.74) is 1.73. The lowest BCUT2D eigenvalue weighted by molar-refractivity contribution is -0.139. The van der Waals surface area contributed by atoms with Crippen LogP contribution in [0.15, 0.2) is 29.8 Å². The van der Waals surface area contributed by atoms with Gasteiger partial charge in [0, 0.05) is 23.2 Å². The van der Waals surface area contributed by atoms with Crippen LogP contribution in [0, 0.1) is 5.82 Å². The number of amides is 2. The van der Waals surface area contributed by atoms with E-state index >= 15 is 0 Å². The van der Waals surface area contributed by atoms with Crippen LogP contribution in [-0.4, -0.2) is 35.2 Å². The Morgan fingerprint density at radius 3 is 2.50 bits per heavy atom. The molecule has 2 amide bonds. The van der Waals surface area contributed by atoms with Crippen molar-refractivity contribution in [2.24, 2.45) is 0 Å². The number of halogens is 3. The van der Waals surface area contributed by atoms with Gasteiger partial charge in [0.15, 0.2) is 0 Å². The van der Waals surface area contributed by atoms with Gasteiger partial charge in [0.2, 0.25) is 11.8 Å². The summed E-state index contributed by atoms with van der Waals surface area (Å²) in [4.78, 5) is 28.0. The molecule has 1 N–H and O–H groups in total. The van der Waals surface area contributed by atoms with Gasteiger partial charge in [0.1, 0.15) is 17.7 Å². The van der Waals surface area contributed by atoms with Crippen molar-refractivity contribution >= 4 is 35.0 Å². The molecule has 1 fully saturated rings. The van der Waals surface area contributed by atoms with Gasteiger partial charge in [0.05, 0.1) is 0 Å². The highest BCUT2D eigenvalue weighted by Gasteiger charge is 2.34. The van der Waals surface area contributed by atoms with Crippen LogP contribution in [0.4, 0.5) is 4.39 Å². The van der Waals surface area contributed by atoms with Crippen LogP contribution in [0.25, 0.3) is 0 Å². The molecule has 1 unspecified atom stereocenters. The molecule has 7 heteroatoms. The lowest BCUT2D eigenvalue weighted by Gasteiger charge is -2.33. The molecular formula is C25H33Cl2FN2O2. The van der Waals surface area contributed by atoms with E-state index in [4.69, 9.17) is 23.2 Å². The van der Waals surface area contributed by atoms with E-state index in [-0.39, 0.29) is 28.8 Å². The summed E-state index contributed by atoms with van der Waals surface area (Å²) < 4.78 is 13.8. The summed E-state index contributed by atoms with van der Waals surface area (Å²) in [5, 5.41) is 3.29. The zero-order valence-electron chi connectivity index (χ0n) is 18.6. The van der Waals surface area contributed by atoms with Gasteiger partial charge < -0.3 is 10.2 Å². The Bertz CT molecular complexity index is 822. The fraction of sp³-hybridized carbons (Fsp3) is 0.600. The van der Waals surface area contributed by atoms with Crippen molar-refractivity contribution in [3.63, 3.8) is 0 Å².